The van der Waals surface area contributed by atoms with Crippen molar-refractivity contribution in [3.63, 3.8) is 0 Å². The Morgan fingerprint density at radius 1 is 1.40 bits per heavy atom. The van der Waals surface area contributed by atoms with E-state index in [2.05, 4.69) is 15.5 Å². The van der Waals surface area contributed by atoms with Gasteiger partial charge in [-0.1, -0.05) is 23.4 Å². The molecule has 130 valence electrons. The van der Waals surface area contributed by atoms with E-state index in [1.165, 1.54) is 12.1 Å². The van der Waals surface area contributed by atoms with Crippen LogP contribution in [-0.2, 0) is 16.2 Å². The van der Waals surface area contributed by atoms with Gasteiger partial charge < -0.3 is 14.9 Å². The lowest BCUT2D eigenvalue weighted by Crippen LogP contribution is -2.34. The summed E-state index contributed by atoms with van der Waals surface area (Å²) in [6.45, 7) is 2.64. The minimum Gasteiger partial charge on any atom is -0.478 e. The van der Waals surface area contributed by atoms with Gasteiger partial charge in [0.05, 0.1) is 12.3 Å². The summed E-state index contributed by atoms with van der Waals surface area (Å²) >= 11 is 0. The van der Waals surface area contributed by atoms with Crippen molar-refractivity contribution < 1.29 is 18.8 Å². The minimum atomic E-state index is -0.731. The Balaban J connectivity index is 1.57. The van der Waals surface area contributed by atoms with Crippen LogP contribution in [0.3, 0.4) is 0 Å². The van der Waals surface area contributed by atoms with Gasteiger partial charge in [0.1, 0.15) is 5.82 Å². The number of aromatic nitrogens is 1. The van der Waals surface area contributed by atoms with E-state index in [1.54, 1.807) is 24.4 Å². The Labute approximate surface area is 144 Å². The molecule has 0 saturated carbocycles. The molecule has 1 aromatic carbocycles. The van der Waals surface area contributed by atoms with Gasteiger partial charge in [0.15, 0.2) is 0 Å². The summed E-state index contributed by atoms with van der Waals surface area (Å²) in [5.41, 5.74) is 1.94. The lowest BCUT2D eigenvalue weighted by atomic mass is 10.0. The van der Waals surface area contributed by atoms with Gasteiger partial charge in [-0.2, -0.15) is 0 Å². The summed E-state index contributed by atoms with van der Waals surface area (Å²) in [7, 11) is 0. The molecule has 0 fully saturated rings. The van der Waals surface area contributed by atoms with Crippen LogP contribution >= 0.6 is 0 Å². The van der Waals surface area contributed by atoms with Crippen LogP contribution in [-0.4, -0.2) is 29.3 Å². The second kappa shape index (κ2) is 7.74. The van der Waals surface area contributed by atoms with E-state index in [1.807, 2.05) is 13.0 Å². The van der Waals surface area contributed by atoms with Crippen LogP contribution in [0, 0.1) is 5.82 Å². The van der Waals surface area contributed by atoms with Gasteiger partial charge in [0, 0.05) is 30.3 Å². The molecule has 0 saturated heterocycles. The van der Waals surface area contributed by atoms with Gasteiger partial charge in [0.2, 0.25) is 12.0 Å². The molecular formula is C18H18FN3O3. The lowest BCUT2D eigenvalue weighted by Gasteiger charge is -2.12. The van der Waals surface area contributed by atoms with Gasteiger partial charge in [-0.05, 0) is 25.1 Å². The largest absolute Gasteiger partial charge is 0.478 e. The highest BCUT2D eigenvalue weighted by Crippen LogP contribution is 2.18. The van der Waals surface area contributed by atoms with Crippen LogP contribution in [0.25, 0.3) is 0 Å². The first-order valence-corrected chi connectivity index (χ1v) is 8.00. The summed E-state index contributed by atoms with van der Waals surface area (Å²) < 4.78 is 18.7. The molecule has 6 nitrogen and oxygen atoms in total. The zero-order chi connectivity index (χ0) is 17.6. The number of rotatable bonds is 6. The highest BCUT2D eigenvalue weighted by molar-refractivity contribution is 6.04. The molecule has 2 heterocycles. The maximum atomic E-state index is 13.3. The van der Waals surface area contributed by atoms with E-state index in [9.17, 15) is 9.18 Å². The minimum absolute atomic E-state index is 0.275. The number of ether oxygens (including phenoxy) is 1. The number of pyridine rings is 1. The molecule has 25 heavy (non-hydrogen) atoms. The number of oxime groups is 1. The quantitative estimate of drug-likeness (QED) is 0.874. The average molecular weight is 343 g/mol. The van der Waals surface area contributed by atoms with Gasteiger partial charge in [-0.3, -0.25) is 4.79 Å². The number of carbonyl (C=O) groups is 1. The fourth-order valence-electron chi connectivity index (χ4n) is 2.48. The summed E-state index contributed by atoms with van der Waals surface area (Å²) in [6.07, 6.45) is 1.20. The molecule has 1 atom stereocenters. The summed E-state index contributed by atoms with van der Waals surface area (Å²) in [4.78, 5) is 21.6. The molecule has 1 aliphatic heterocycles. The van der Waals surface area contributed by atoms with Crippen molar-refractivity contribution in [2.75, 3.05) is 6.61 Å². The molecule has 0 radical (unpaired) electrons. The summed E-state index contributed by atoms with van der Waals surface area (Å²) in [5, 5.41) is 6.70. The molecule has 1 aliphatic rings. The molecule has 7 heteroatoms. The average Bonchev–Trinajstić information content (AvgIpc) is 3.11. The third-order valence-electron chi connectivity index (χ3n) is 3.70. The van der Waals surface area contributed by atoms with Crippen LogP contribution < -0.4 is 10.1 Å². The second-order valence-corrected chi connectivity index (χ2v) is 5.46. The number of nitrogens with zero attached hydrogens (tertiary/aromatic N) is 2. The highest BCUT2D eigenvalue weighted by atomic mass is 19.1. The number of hydrogen-bond acceptors (Lipinski definition) is 5. The van der Waals surface area contributed by atoms with Crippen molar-refractivity contribution in [1.82, 2.24) is 10.3 Å². The fourth-order valence-corrected chi connectivity index (χ4v) is 2.48. The van der Waals surface area contributed by atoms with Crippen LogP contribution in [0.1, 0.15) is 24.5 Å². The third-order valence-corrected chi connectivity index (χ3v) is 3.70. The number of halogens is 1. The fraction of sp³-hybridized carbons (Fsp3) is 0.278. The zero-order valence-corrected chi connectivity index (χ0v) is 13.7. The molecule has 1 N–H and O–H groups in total. The first kappa shape index (κ1) is 16.9. The molecule has 0 spiro atoms. The predicted octanol–water partition coefficient (Wildman–Crippen LogP) is 2.43. The van der Waals surface area contributed by atoms with Crippen LogP contribution in [0.4, 0.5) is 4.39 Å². The Kier molecular flexibility index (Phi) is 5.23. The number of carbonyl (C=O) groups excluding carboxylic acids is 1. The van der Waals surface area contributed by atoms with Crippen molar-refractivity contribution in [2.45, 2.75) is 26.0 Å². The van der Waals surface area contributed by atoms with Crippen LogP contribution in [0.5, 0.6) is 5.88 Å². The Hall–Kier alpha value is -2.96. The van der Waals surface area contributed by atoms with Gasteiger partial charge in [-0.15, -0.1) is 0 Å². The van der Waals surface area contributed by atoms with Crippen LogP contribution in [0.2, 0.25) is 0 Å². The van der Waals surface area contributed by atoms with Crippen LogP contribution in [0.15, 0.2) is 47.8 Å². The standard InChI is InChI=1S/C18H18FN3O3/c1-2-24-18-13(6-4-8-20-18)11-21-17(23)16-10-15(22-25-16)12-5-3-7-14(19)9-12/h3-9,16H,2,10-11H2,1H3,(H,21,23). The number of hydrogen-bond donors (Lipinski definition) is 1. The molecule has 1 aromatic heterocycles. The molecule has 0 aliphatic carbocycles. The second-order valence-electron chi connectivity index (χ2n) is 5.46. The molecule has 1 unspecified atom stereocenters. The Bertz CT molecular complexity index is 795. The maximum absolute atomic E-state index is 13.3. The van der Waals surface area contributed by atoms with E-state index in [0.717, 1.165) is 5.56 Å². The van der Waals surface area contributed by atoms with E-state index in [-0.39, 0.29) is 18.3 Å². The lowest BCUT2D eigenvalue weighted by molar-refractivity contribution is -0.131. The Morgan fingerprint density at radius 2 is 2.28 bits per heavy atom. The zero-order valence-electron chi connectivity index (χ0n) is 13.7. The first-order valence-electron chi connectivity index (χ1n) is 8.00. The highest BCUT2D eigenvalue weighted by Gasteiger charge is 2.29. The third kappa shape index (κ3) is 4.12. The van der Waals surface area contributed by atoms with E-state index in [0.29, 0.717) is 30.2 Å². The number of nitrogens with one attached hydrogen (secondary N) is 1. The van der Waals surface area contributed by atoms with Crippen molar-refractivity contribution in [3.05, 3.63) is 59.5 Å². The Morgan fingerprint density at radius 3 is 3.08 bits per heavy atom. The SMILES string of the molecule is CCOc1ncccc1CNC(=O)C1CC(c2cccc(F)c2)=NO1. The van der Waals surface area contributed by atoms with Gasteiger partial charge >= 0.3 is 0 Å². The van der Waals surface area contributed by atoms with Gasteiger partial charge in [0.25, 0.3) is 5.91 Å². The predicted molar refractivity (Wildman–Crippen MR) is 89.7 cm³/mol. The summed E-state index contributed by atoms with van der Waals surface area (Å²) in [6, 6.07) is 9.66. The normalized spacial score (nSPS) is 16.1. The van der Waals surface area contributed by atoms with Crippen molar-refractivity contribution in [1.29, 1.82) is 0 Å². The van der Waals surface area contributed by atoms with Crippen molar-refractivity contribution >= 4 is 11.6 Å². The molecule has 0 bridgehead atoms. The monoisotopic (exact) mass is 343 g/mol. The maximum Gasteiger partial charge on any atom is 0.264 e. The molecular weight excluding hydrogens is 325 g/mol. The molecule has 3 rings (SSSR count). The number of amides is 1. The first-order chi connectivity index (χ1) is 12.2. The van der Waals surface area contributed by atoms with E-state index in [4.69, 9.17) is 9.57 Å². The van der Waals surface area contributed by atoms with Gasteiger partial charge in [-0.25, -0.2) is 9.37 Å². The van der Waals surface area contributed by atoms with E-state index >= 15 is 0 Å². The number of benzene rings is 1. The topological polar surface area (TPSA) is 72.8 Å². The van der Waals surface area contributed by atoms with E-state index < -0.39 is 6.10 Å². The van der Waals surface area contributed by atoms with Crippen molar-refractivity contribution in [3.8, 4) is 5.88 Å². The smallest absolute Gasteiger partial charge is 0.264 e. The summed E-state index contributed by atoms with van der Waals surface area (Å²) in [5.74, 6) is -0.149. The van der Waals surface area contributed by atoms with Crippen molar-refractivity contribution in [2.24, 2.45) is 5.16 Å². The molecule has 1 amide bonds. The molecule has 2 aromatic rings.